The van der Waals surface area contributed by atoms with Crippen LogP contribution in [0.15, 0.2) is 36.7 Å². The first-order valence-corrected chi connectivity index (χ1v) is 13.8. The third-order valence-corrected chi connectivity index (χ3v) is 7.34. The molecule has 0 atom stereocenters. The van der Waals surface area contributed by atoms with Gasteiger partial charge in [0, 0.05) is 18.0 Å². The molecule has 1 aromatic heterocycles. The van der Waals surface area contributed by atoms with Gasteiger partial charge in [0.1, 0.15) is 5.75 Å². The van der Waals surface area contributed by atoms with Gasteiger partial charge in [0.15, 0.2) is 5.82 Å². The summed E-state index contributed by atoms with van der Waals surface area (Å²) in [7, 11) is 0. The number of rotatable bonds is 15. The summed E-state index contributed by atoms with van der Waals surface area (Å²) in [5.74, 6) is 3.67. The summed E-state index contributed by atoms with van der Waals surface area (Å²) in [5.41, 5.74) is 2.29. The van der Waals surface area contributed by atoms with E-state index < -0.39 is 0 Å². The van der Waals surface area contributed by atoms with Gasteiger partial charge >= 0.3 is 0 Å². The van der Waals surface area contributed by atoms with Crippen molar-refractivity contribution in [1.29, 1.82) is 0 Å². The molecule has 33 heavy (non-hydrogen) atoms. The van der Waals surface area contributed by atoms with Crippen LogP contribution in [0.1, 0.15) is 109 Å². The van der Waals surface area contributed by atoms with Crippen LogP contribution in [0, 0.1) is 11.8 Å². The normalized spacial score (nSPS) is 18.4. The summed E-state index contributed by atoms with van der Waals surface area (Å²) in [6.07, 6.45) is 24.1. The molecule has 3 nitrogen and oxygen atoms in total. The summed E-state index contributed by atoms with van der Waals surface area (Å²) < 4.78 is 6.02. The summed E-state index contributed by atoms with van der Waals surface area (Å²) >= 11 is 0. The Morgan fingerprint density at radius 1 is 0.727 bits per heavy atom. The molecule has 0 spiro atoms. The SMILES string of the molecule is CCCCCCc1cnc(-c2ccc(OCCC[C@H]3CC[C@H](CCCCC)CC3)cc2)nc1. The van der Waals surface area contributed by atoms with Crippen molar-refractivity contribution in [2.45, 2.75) is 110 Å². The van der Waals surface area contributed by atoms with Gasteiger partial charge in [0.05, 0.1) is 6.61 Å². The maximum Gasteiger partial charge on any atom is 0.159 e. The molecule has 1 saturated carbocycles. The number of benzene rings is 1. The average molecular weight is 451 g/mol. The van der Waals surface area contributed by atoms with Gasteiger partial charge in [-0.1, -0.05) is 84.5 Å². The molecule has 0 radical (unpaired) electrons. The molecule has 0 unspecified atom stereocenters. The Hall–Kier alpha value is -1.90. The zero-order chi connectivity index (χ0) is 23.1. The second-order valence-corrected chi connectivity index (χ2v) is 10.1. The molecule has 1 aliphatic rings. The highest BCUT2D eigenvalue weighted by molar-refractivity contribution is 5.55. The van der Waals surface area contributed by atoms with Crippen LogP contribution in [0.5, 0.6) is 5.75 Å². The van der Waals surface area contributed by atoms with Crippen LogP contribution in [0.2, 0.25) is 0 Å². The first kappa shape index (κ1) is 25.7. The lowest BCUT2D eigenvalue weighted by Gasteiger charge is -2.28. The van der Waals surface area contributed by atoms with E-state index in [1.165, 1.54) is 89.0 Å². The van der Waals surface area contributed by atoms with E-state index in [4.69, 9.17) is 4.74 Å². The van der Waals surface area contributed by atoms with Crippen LogP contribution in [0.25, 0.3) is 11.4 Å². The lowest BCUT2D eigenvalue weighted by atomic mass is 9.78. The predicted octanol–water partition coefficient (Wildman–Crippen LogP) is 8.81. The second-order valence-electron chi connectivity index (χ2n) is 10.1. The Bertz CT molecular complexity index is 748. The van der Waals surface area contributed by atoms with E-state index in [1.54, 1.807) is 0 Å². The summed E-state index contributed by atoms with van der Waals surface area (Å²) in [6.45, 7) is 5.37. The Morgan fingerprint density at radius 3 is 1.97 bits per heavy atom. The van der Waals surface area contributed by atoms with Crippen LogP contribution in [-0.4, -0.2) is 16.6 Å². The molecule has 3 heteroatoms. The lowest BCUT2D eigenvalue weighted by Crippen LogP contribution is -2.15. The van der Waals surface area contributed by atoms with Gasteiger partial charge in [-0.3, -0.25) is 0 Å². The fourth-order valence-corrected chi connectivity index (χ4v) is 5.14. The molecule has 0 N–H and O–H groups in total. The Morgan fingerprint density at radius 2 is 1.33 bits per heavy atom. The standard InChI is InChI=1S/C30H46N2O/c1-3-5-7-9-12-27-23-31-30(32-24-27)28-18-20-29(21-19-28)33-22-10-13-26-16-14-25(15-17-26)11-8-6-4-2/h18-21,23-26H,3-17,22H2,1-2H3/t25-,26-. The molecule has 0 amide bonds. The van der Waals surface area contributed by atoms with Crippen molar-refractivity contribution in [3.05, 3.63) is 42.2 Å². The van der Waals surface area contributed by atoms with Crippen molar-refractivity contribution in [2.24, 2.45) is 11.8 Å². The first-order valence-electron chi connectivity index (χ1n) is 13.8. The van der Waals surface area contributed by atoms with Gasteiger partial charge in [0.25, 0.3) is 0 Å². The number of nitrogens with zero attached hydrogens (tertiary/aromatic N) is 2. The summed E-state index contributed by atoms with van der Waals surface area (Å²) in [5, 5.41) is 0. The maximum absolute atomic E-state index is 6.02. The quantitative estimate of drug-likeness (QED) is 0.254. The van der Waals surface area contributed by atoms with E-state index in [0.717, 1.165) is 48.4 Å². The molecule has 2 aromatic rings. The zero-order valence-electron chi connectivity index (χ0n) is 21.2. The second kappa shape index (κ2) is 15.1. The van der Waals surface area contributed by atoms with Crippen molar-refractivity contribution in [1.82, 2.24) is 9.97 Å². The average Bonchev–Trinajstić information content (AvgIpc) is 2.86. The Balaban J connectivity index is 1.31. The Kier molecular flexibility index (Phi) is 11.8. The van der Waals surface area contributed by atoms with Gasteiger partial charge in [-0.25, -0.2) is 9.97 Å². The highest BCUT2D eigenvalue weighted by atomic mass is 16.5. The molecule has 1 aliphatic carbocycles. The van der Waals surface area contributed by atoms with Gasteiger partial charge in [0.2, 0.25) is 0 Å². The minimum absolute atomic E-state index is 0.796. The molecule has 1 fully saturated rings. The number of aromatic nitrogens is 2. The van der Waals surface area contributed by atoms with Crippen LogP contribution in [0.4, 0.5) is 0 Å². The van der Waals surface area contributed by atoms with E-state index in [2.05, 4.69) is 48.1 Å². The largest absolute Gasteiger partial charge is 0.494 e. The van der Waals surface area contributed by atoms with Gasteiger partial charge < -0.3 is 4.74 Å². The fraction of sp³-hybridized carbons (Fsp3) is 0.667. The van der Waals surface area contributed by atoms with Gasteiger partial charge in [-0.2, -0.15) is 0 Å². The van der Waals surface area contributed by atoms with Gasteiger partial charge in [-0.15, -0.1) is 0 Å². The number of ether oxygens (including phenoxy) is 1. The minimum Gasteiger partial charge on any atom is -0.494 e. The molecule has 182 valence electrons. The van der Waals surface area contributed by atoms with Crippen molar-refractivity contribution in [2.75, 3.05) is 6.61 Å². The van der Waals surface area contributed by atoms with E-state index in [9.17, 15) is 0 Å². The molecule has 3 rings (SSSR count). The van der Waals surface area contributed by atoms with E-state index in [0.29, 0.717) is 0 Å². The third-order valence-electron chi connectivity index (χ3n) is 7.34. The minimum atomic E-state index is 0.796. The highest BCUT2D eigenvalue weighted by Gasteiger charge is 2.20. The number of unbranched alkanes of at least 4 members (excludes halogenated alkanes) is 5. The Labute approximate surface area is 202 Å². The van der Waals surface area contributed by atoms with Crippen LogP contribution >= 0.6 is 0 Å². The van der Waals surface area contributed by atoms with E-state index >= 15 is 0 Å². The topological polar surface area (TPSA) is 35.0 Å². The molecule has 1 aromatic carbocycles. The maximum atomic E-state index is 6.02. The van der Waals surface area contributed by atoms with Crippen LogP contribution < -0.4 is 4.74 Å². The van der Waals surface area contributed by atoms with Crippen molar-refractivity contribution in [3.63, 3.8) is 0 Å². The third kappa shape index (κ3) is 9.47. The van der Waals surface area contributed by atoms with Gasteiger partial charge in [-0.05, 0) is 67.3 Å². The number of hydrogen-bond donors (Lipinski definition) is 0. The van der Waals surface area contributed by atoms with E-state index in [1.807, 2.05) is 12.4 Å². The zero-order valence-corrected chi connectivity index (χ0v) is 21.2. The van der Waals surface area contributed by atoms with Crippen molar-refractivity contribution < 1.29 is 4.74 Å². The monoisotopic (exact) mass is 450 g/mol. The molecular weight excluding hydrogens is 404 g/mol. The molecule has 0 aliphatic heterocycles. The smallest absolute Gasteiger partial charge is 0.159 e. The van der Waals surface area contributed by atoms with Crippen molar-refractivity contribution >= 4 is 0 Å². The lowest BCUT2D eigenvalue weighted by molar-refractivity contribution is 0.228. The molecule has 1 heterocycles. The first-order chi connectivity index (χ1) is 16.3. The predicted molar refractivity (Wildman–Crippen MR) is 140 cm³/mol. The number of hydrogen-bond acceptors (Lipinski definition) is 3. The summed E-state index contributed by atoms with van der Waals surface area (Å²) in [4.78, 5) is 9.16. The molecule has 0 saturated heterocycles. The van der Waals surface area contributed by atoms with E-state index in [-0.39, 0.29) is 0 Å². The molecular formula is C30H46N2O. The fourth-order valence-electron chi connectivity index (χ4n) is 5.14. The van der Waals surface area contributed by atoms with Crippen LogP contribution in [0.3, 0.4) is 0 Å². The van der Waals surface area contributed by atoms with Crippen LogP contribution in [-0.2, 0) is 6.42 Å². The van der Waals surface area contributed by atoms with Crippen molar-refractivity contribution in [3.8, 4) is 17.1 Å². The molecule has 0 bridgehead atoms. The highest BCUT2D eigenvalue weighted by Crippen LogP contribution is 2.34. The number of aryl methyl sites for hydroxylation is 1. The summed E-state index contributed by atoms with van der Waals surface area (Å²) in [6, 6.07) is 8.26.